The molecule has 0 saturated carbocycles. The minimum Gasteiger partial charge on any atom is -0.491 e. The second-order valence-electron chi connectivity index (χ2n) is 9.11. The molecule has 1 aliphatic rings. The van der Waals surface area contributed by atoms with Gasteiger partial charge < -0.3 is 29.3 Å². The summed E-state index contributed by atoms with van der Waals surface area (Å²) in [5.41, 5.74) is 1.43. The van der Waals surface area contributed by atoms with Gasteiger partial charge in [0.2, 0.25) is 5.91 Å². The molecule has 3 amide bonds. The summed E-state index contributed by atoms with van der Waals surface area (Å²) in [5.74, 6) is -0.365. The van der Waals surface area contributed by atoms with Gasteiger partial charge in [0.05, 0.1) is 17.7 Å². The number of nitrogens with zero attached hydrogens (tertiary/aromatic N) is 2. The molecule has 0 unspecified atom stereocenters. The van der Waals surface area contributed by atoms with Crippen LogP contribution in [0.15, 0.2) is 48.5 Å². The smallest absolute Gasteiger partial charge is 0.257 e. The Morgan fingerprint density at radius 2 is 1.81 bits per heavy atom. The first kappa shape index (κ1) is 27.2. The Kier molecular flexibility index (Phi) is 9.44. The second kappa shape index (κ2) is 12.5. The van der Waals surface area contributed by atoms with Crippen LogP contribution in [0.2, 0.25) is 0 Å². The largest absolute Gasteiger partial charge is 0.491 e. The van der Waals surface area contributed by atoms with Gasteiger partial charge in [0.25, 0.3) is 11.8 Å². The molecule has 0 saturated heterocycles. The van der Waals surface area contributed by atoms with E-state index in [-0.39, 0.29) is 49.0 Å². The Balaban J connectivity index is 1.97. The lowest BCUT2D eigenvalue weighted by Gasteiger charge is -2.36. The summed E-state index contributed by atoms with van der Waals surface area (Å²) >= 11 is 0. The highest BCUT2D eigenvalue weighted by atomic mass is 16.5. The number of carbonyl (C=O) groups excluding carboxylic acids is 3. The van der Waals surface area contributed by atoms with Crippen molar-refractivity contribution in [3.63, 3.8) is 0 Å². The van der Waals surface area contributed by atoms with Gasteiger partial charge in [-0.25, -0.2) is 0 Å². The third-order valence-electron chi connectivity index (χ3n) is 6.29. The Hall–Kier alpha value is -3.43. The molecule has 1 aliphatic heterocycles. The normalized spacial score (nSPS) is 21.0. The number of amides is 3. The molecule has 2 aromatic rings. The van der Waals surface area contributed by atoms with Crippen molar-refractivity contribution in [3.8, 4) is 5.75 Å². The second-order valence-corrected chi connectivity index (χ2v) is 9.11. The van der Waals surface area contributed by atoms with Gasteiger partial charge in [-0.2, -0.15) is 0 Å². The van der Waals surface area contributed by atoms with Crippen molar-refractivity contribution in [2.75, 3.05) is 52.9 Å². The molecular weight excluding hydrogens is 462 g/mol. The summed E-state index contributed by atoms with van der Waals surface area (Å²) in [7, 11) is 4.76. The lowest BCUT2D eigenvalue weighted by atomic mass is 10.0. The number of carbonyl (C=O) groups is 3. The van der Waals surface area contributed by atoms with E-state index in [1.807, 2.05) is 32.0 Å². The number of ether oxygens (including phenoxy) is 3. The van der Waals surface area contributed by atoms with E-state index < -0.39 is 0 Å². The molecule has 36 heavy (non-hydrogen) atoms. The summed E-state index contributed by atoms with van der Waals surface area (Å²) < 4.78 is 16.7. The van der Waals surface area contributed by atoms with Crippen molar-refractivity contribution < 1.29 is 28.6 Å². The molecule has 3 atom stereocenters. The quantitative estimate of drug-likeness (QED) is 0.682. The van der Waals surface area contributed by atoms with Gasteiger partial charge in [0.15, 0.2) is 0 Å². The summed E-state index contributed by atoms with van der Waals surface area (Å²) in [4.78, 5) is 42.2. The van der Waals surface area contributed by atoms with Gasteiger partial charge in [-0.3, -0.25) is 14.4 Å². The van der Waals surface area contributed by atoms with Crippen molar-refractivity contribution >= 4 is 23.4 Å². The maximum atomic E-state index is 13.5. The van der Waals surface area contributed by atoms with E-state index in [9.17, 15) is 14.4 Å². The number of anilines is 1. The highest BCUT2D eigenvalue weighted by Gasteiger charge is 2.30. The standard InChI is InChI=1S/C27H35N3O6/c1-18-14-30(26(32)20-9-7-6-8-10-20)19(2)16-36-23-13-21(28-25(31)17-34-4)11-12-22(23)27(33)29(3)15-24(18)35-5/h6-13,18-19,24H,14-17H2,1-5H3,(H,28,31)/t18-,19-,24-/m1/s1. The summed E-state index contributed by atoms with van der Waals surface area (Å²) in [6, 6.07) is 13.7. The minimum atomic E-state index is -0.320. The fourth-order valence-electron chi connectivity index (χ4n) is 4.21. The fourth-order valence-corrected chi connectivity index (χ4v) is 4.21. The van der Waals surface area contributed by atoms with Crippen LogP contribution >= 0.6 is 0 Å². The van der Waals surface area contributed by atoms with E-state index >= 15 is 0 Å². The highest BCUT2D eigenvalue weighted by molar-refractivity contribution is 5.98. The molecule has 0 aromatic heterocycles. The minimum absolute atomic E-state index is 0.0439. The van der Waals surface area contributed by atoms with Gasteiger partial charge >= 0.3 is 0 Å². The van der Waals surface area contributed by atoms with E-state index in [0.717, 1.165) is 0 Å². The van der Waals surface area contributed by atoms with Gasteiger partial charge in [0, 0.05) is 57.6 Å². The van der Waals surface area contributed by atoms with Crippen LogP contribution in [0, 0.1) is 5.92 Å². The Morgan fingerprint density at radius 1 is 1.08 bits per heavy atom. The monoisotopic (exact) mass is 497 g/mol. The number of hydrogen-bond donors (Lipinski definition) is 1. The van der Waals surface area contributed by atoms with Crippen LogP contribution in [0.25, 0.3) is 0 Å². The number of fused-ring (bicyclic) bond motifs is 1. The van der Waals surface area contributed by atoms with E-state index in [1.165, 1.54) is 7.11 Å². The first-order valence-corrected chi connectivity index (χ1v) is 11.9. The number of rotatable bonds is 5. The first-order valence-electron chi connectivity index (χ1n) is 11.9. The highest BCUT2D eigenvalue weighted by Crippen LogP contribution is 2.27. The van der Waals surface area contributed by atoms with Gasteiger partial charge in [0.1, 0.15) is 19.0 Å². The van der Waals surface area contributed by atoms with Gasteiger partial charge in [-0.05, 0) is 31.2 Å². The van der Waals surface area contributed by atoms with E-state index in [2.05, 4.69) is 5.32 Å². The van der Waals surface area contributed by atoms with E-state index in [4.69, 9.17) is 14.2 Å². The van der Waals surface area contributed by atoms with Crippen LogP contribution in [-0.4, -0.2) is 87.2 Å². The van der Waals surface area contributed by atoms with Gasteiger partial charge in [-0.1, -0.05) is 25.1 Å². The van der Waals surface area contributed by atoms with Crippen molar-refractivity contribution in [2.45, 2.75) is 26.0 Å². The Bertz CT molecular complexity index is 1060. The van der Waals surface area contributed by atoms with Crippen molar-refractivity contribution in [1.29, 1.82) is 0 Å². The van der Waals surface area contributed by atoms with Crippen LogP contribution in [0.4, 0.5) is 5.69 Å². The zero-order valence-corrected chi connectivity index (χ0v) is 21.5. The van der Waals surface area contributed by atoms with E-state index in [0.29, 0.717) is 35.7 Å². The van der Waals surface area contributed by atoms with Crippen LogP contribution in [0.3, 0.4) is 0 Å². The average molecular weight is 498 g/mol. The molecule has 0 fully saturated rings. The molecule has 0 spiro atoms. The van der Waals surface area contributed by atoms with Gasteiger partial charge in [-0.15, -0.1) is 0 Å². The van der Waals surface area contributed by atoms with Crippen LogP contribution in [0.1, 0.15) is 34.6 Å². The van der Waals surface area contributed by atoms with Crippen molar-refractivity contribution in [1.82, 2.24) is 9.80 Å². The lowest BCUT2D eigenvalue weighted by Crippen LogP contribution is -2.48. The number of benzene rings is 2. The number of nitrogens with one attached hydrogen (secondary N) is 1. The maximum Gasteiger partial charge on any atom is 0.257 e. The van der Waals surface area contributed by atoms with Crippen LogP contribution in [0.5, 0.6) is 5.75 Å². The third-order valence-corrected chi connectivity index (χ3v) is 6.29. The Morgan fingerprint density at radius 3 is 2.47 bits per heavy atom. The van der Waals surface area contributed by atoms with Crippen molar-refractivity contribution in [3.05, 3.63) is 59.7 Å². The van der Waals surface area contributed by atoms with Crippen LogP contribution < -0.4 is 10.1 Å². The molecule has 0 bridgehead atoms. The summed E-state index contributed by atoms with van der Waals surface area (Å²) in [6.45, 7) is 4.76. The van der Waals surface area contributed by atoms with Crippen molar-refractivity contribution in [2.24, 2.45) is 5.92 Å². The number of hydrogen-bond acceptors (Lipinski definition) is 6. The molecule has 9 heteroatoms. The first-order chi connectivity index (χ1) is 17.2. The third kappa shape index (κ3) is 6.61. The molecule has 0 aliphatic carbocycles. The number of likely N-dealkylation sites (N-methyl/N-ethyl adjacent to an activating group) is 1. The SMILES string of the molecule is COCC(=O)Nc1ccc2c(c1)OC[C@@H](C)N(C(=O)c1ccccc1)C[C@@H](C)[C@H](OC)CN(C)C2=O. The Labute approximate surface area is 212 Å². The molecule has 1 heterocycles. The predicted molar refractivity (Wildman–Crippen MR) is 136 cm³/mol. The molecule has 3 rings (SSSR count). The number of methoxy groups -OCH3 is 2. The fraction of sp³-hybridized carbons (Fsp3) is 0.444. The zero-order chi connectivity index (χ0) is 26.2. The molecule has 0 radical (unpaired) electrons. The molecule has 1 N–H and O–H groups in total. The average Bonchev–Trinajstić information content (AvgIpc) is 2.88. The maximum absolute atomic E-state index is 13.5. The molecule has 194 valence electrons. The van der Waals surface area contributed by atoms with Crippen LogP contribution in [-0.2, 0) is 14.3 Å². The molecule has 9 nitrogen and oxygen atoms in total. The topological polar surface area (TPSA) is 97.4 Å². The van der Waals surface area contributed by atoms with E-state index in [1.54, 1.807) is 54.3 Å². The summed E-state index contributed by atoms with van der Waals surface area (Å²) in [5, 5.41) is 2.73. The zero-order valence-electron chi connectivity index (χ0n) is 21.5. The lowest BCUT2D eigenvalue weighted by molar-refractivity contribution is -0.119. The summed E-state index contributed by atoms with van der Waals surface area (Å²) in [6.07, 6.45) is -0.284. The molecule has 2 aromatic carbocycles. The molecular formula is C27H35N3O6. The predicted octanol–water partition coefficient (Wildman–Crippen LogP) is 2.92.